The molecule has 112 valence electrons. The van der Waals surface area contributed by atoms with Gasteiger partial charge in [-0.3, -0.25) is 0 Å². The molecule has 0 amide bonds. The zero-order chi connectivity index (χ0) is 14.9. The number of aliphatic hydroxyl groups excluding tert-OH is 3. The van der Waals surface area contributed by atoms with Crippen LogP contribution in [0.25, 0.3) is 0 Å². The molecule has 0 aromatic carbocycles. The van der Waals surface area contributed by atoms with E-state index in [0.29, 0.717) is 0 Å². The molecule has 3 N–H and O–H groups in total. The van der Waals surface area contributed by atoms with Crippen molar-refractivity contribution in [1.29, 1.82) is 0 Å². The van der Waals surface area contributed by atoms with Gasteiger partial charge < -0.3 is 24.8 Å². The number of ether oxygens (including phenoxy) is 2. The number of aliphatic hydroxyl groups is 3. The van der Waals surface area contributed by atoms with Gasteiger partial charge in [0, 0.05) is 6.07 Å². The van der Waals surface area contributed by atoms with Gasteiger partial charge in [0.25, 0.3) is 6.43 Å². The van der Waals surface area contributed by atoms with Crippen molar-refractivity contribution >= 4 is 0 Å². The van der Waals surface area contributed by atoms with Crippen LogP contribution < -0.4 is 4.74 Å². The van der Waals surface area contributed by atoms with Crippen LogP contribution in [0.1, 0.15) is 24.0 Å². The molecule has 0 unspecified atom stereocenters. The number of alkyl halides is 2. The monoisotopic (exact) mass is 292 g/mol. The third-order valence-corrected chi connectivity index (χ3v) is 2.97. The molecule has 1 aromatic heterocycles. The molecule has 20 heavy (non-hydrogen) atoms. The summed E-state index contributed by atoms with van der Waals surface area (Å²) >= 11 is 0. The molecule has 0 saturated carbocycles. The zero-order valence-electron chi connectivity index (χ0n) is 10.5. The highest BCUT2D eigenvalue weighted by Gasteiger charge is 2.44. The van der Waals surface area contributed by atoms with Crippen LogP contribution >= 0.6 is 0 Å². The highest BCUT2D eigenvalue weighted by Crippen LogP contribution is 2.33. The summed E-state index contributed by atoms with van der Waals surface area (Å²) in [6, 6.07) is 0.968. The minimum Gasteiger partial charge on any atom is -0.481 e. The average molecular weight is 292 g/mol. The minimum absolute atomic E-state index is 0.108. The molecule has 1 aliphatic rings. The maximum atomic E-state index is 12.7. The summed E-state index contributed by atoms with van der Waals surface area (Å²) < 4.78 is 35.4. The minimum atomic E-state index is -2.84. The van der Waals surface area contributed by atoms with Crippen molar-refractivity contribution in [2.24, 2.45) is 0 Å². The quantitative estimate of drug-likeness (QED) is 0.692. The molecule has 2 heterocycles. The first-order valence-corrected chi connectivity index (χ1v) is 5.81. The standard InChI is InChI=1S/C11H14F2N2O5/c1-19-6-2-4(10(12)13)14-11(15-6)9-8(18)7(17)5(3-16)20-9/h2,5,7-10,16-18H,3H2,1H3/t5-,7-,8-,9-/m1/s1. The van der Waals surface area contributed by atoms with Crippen molar-refractivity contribution in [2.75, 3.05) is 13.7 Å². The molecule has 1 saturated heterocycles. The lowest BCUT2D eigenvalue weighted by atomic mass is 10.1. The van der Waals surface area contributed by atoms with Crippen LogP contribution in [0.15, 0.2) is 6.07 Å². The van der Waals surface area contributed by atoms with E-state index in [1.807, 2.05) is 0 Å². The van der Waals surface area contributed by atoms with Gasteiger partial charge in [0.15, 0.2) is 5.82 Å². The fourth-order valence-electron chi connectivity index (χ4n) is 1.92. The van der Waals surface area contributed by atoms with E-state index in [1.54, 1.807) is 0 Å². The SMILES string of the molecule is COc1cc(C(F)F)nc([C@@H]2O[C@H](CO)[C@@H](O)[C@H]2O)n1. The molecule has 0 bridgehead atoms. The summed E-state index contributed by atoms with van der Waals surface area (Å²) in [4.78, 5) is 7.42. The molecule has 0 radical (unpaired) electrons. The smallest absolute Gasteiger partial charge is 0.280 e. The van der Waals surface area contributed by atoms with Gasteiger partial charge in [0.05, 0.1) is 13.7 Å². The van der Waals surface area contributed by atoms with Gasteiger partial charge in [-0.15, -0.1) is 0 Å². The van der Waals surface area contributed by atoms with Crippen LogP contribution in [0.5, 0.6) is 5.88 Å². The maximum Gasteiger partial charge on any atom is 0.280 e. The van der Waals surface area contributed by atoms with E-state index in [9.17, 15) is 19.0 Å². The van der Waals surface area contributed by atoms with Crippen molar-refractivity contribution in [3.8, 4) is 5.88 Å². The van der Waals surface area contributed by atoms with Gasteiger partial charge in [-0.05, 0) is 0 Å². The Balaban J connectivity index is 2.35. The van der Waals surface area contributed by atoms with E-state index in [4.69, 9.17) is 14.6 Å². The number of rotatable bonds is 4. The molecule has 0 spiro atoms. The molecule has 1 aliphatic heterocycles. The Morgan fingerprint density at radius 2 is 2.05 bits per heavy atom. The van der Waals surface area contributed by atoms with Crippen LogP contribution in [-0.4, -0.2) is 57.3 Å². The highest BCUT2D eigenvalue weighted by molar-refractivity contribution is 5.19. The number of hydrogen-bond acceptors (Lipinski definition) is 7. The van der Waals surface area contributed by atoms with Gasteiger partial charge in [0.2, 0.25) is 5.88 Å². The van der Waals surface area contributed by atoms with Crippen molar-refractivity contribution in [1.82, 2.24) is 9.97 Å². The predicted octanol–water partition coefficient (Wildman–Crippen LogP) is -0.423. The summed E-state index contributed by atoms with van der Waals surface area (Å²) in [5, 5.41) is 28.4. The van der Waals surface area contributed by atoms with E-state index in [2.05, 4.69) is 9.97 Å². The van der Waals surface area contributed by atoms with Crippen molar-refractivity contribution < 1.29 is 33.6 Å². The molecule has 7 nitrogen and oxygen atoms in total. The maximum absolute atomic E-state index is 12.7. The number of hydrogen-bond donors (Lipinski definition) is 3. The molecule has 1 fully saturated rings. The third-order valence-electron chi connectivity index (χ3n) is 2.97. The Morgan fingerprint density at radius 3 is 2.55 bits per heavy atom. The van der Waals surface area contributed by atoms with Crippen LogP contribution in [0.4, 0.5) is 8.78 Å². The second kappa shape index (κ2) is 5.92. The topological polar surface area (TPSA) is 105 Å². The predicted molar refractivity (Wildman–Crippen MR) is 60.3 cm³/mol. The van der Waals surface area contributed by atoms with Crippen LogP contribution in [-0.2, 0) is 4.74 Å². The number of aromatic nitrogens is 2. The van der Waals surface area contributed by atoms with Crippen molar-refractivity contribution in [3.63, 3.8) is 0 Å². The van der Waals surface area contributed by atoms with Crippen LogP contribution in [0.2, 0.25) is 0 Å². The van der Waals surface area contributed by atoms with Crippen molar-refractivity contribution in [2.45, 2.75) is 30.8 Å². The lowest BCUT2D eigenvalue weighted by Crippen LogP contribution is -2.32. The summed E-state index contributed by atoms with van der Waals surface area (Å²) in [7, 11) is 1.25. The van der Waals surface area contributed by atoms with Gasteiger partial charge in [-0.1, -0.05) is 0 Å². The van der Waals surface area contributed by atoms with Crippen LogP contribution in [0.3, 0.4) is 0 Å². The Morgan fingerprint density at radius 1 is 1.35 bits per heavy atom. The summed E-state index contributed by atoms with van der Waals surface area (Å²) in [5.74, 6) is -0.342. The van der Waals surface area contributed by atoms with E-state index < -0.39 is 43.1 Å². The van der Waals surface area contributed by atoms with E-state index in [-0.39, 0.29) is 11.7 Å². The number of methoxy groups -OCH3 is 1. The van der Waals surface area contributed by atoms with Crippen LogP contribution in [0, 0.1) is 0 Å². The summed E-state index contributed by atoms with van der Waals surface area (Å²) in [6.07, 6.45) is -7.86. The van der Waals surface area contributed by atoms with Gasteiger partial charge in [-0.2, -0.15) is 4.98 Å². The molecule has 2 rings (SSSR count). The Kier molecular flexibility index (Phi) is 4.43. The fourth-order valence-corrected chi connectivity index (χ4v) is 1.92. The second-order valence-corrected chi connectivity index (χ2v) is 4.25. The normalized spacial score (nSPS) is 29.9. The van der Waals surface area contributed by atoms with E-state index in [0.717, 1.165) is 6.07 Å². The lowest BCUT2D eigenvalue weighted by molar-refractivity contribution is -0.0256. The molecule has 9 heteroatoms. The molecular formula is C11H14F2N2O5. The Hall–Kier alpha value is -1.42. The van der Waals surface area contributed by atoms with E-state index in [1.165, 1.54) is 7.11 Å². The van der Waals surface area contributed by atoms with Gasteiger partial charge >= 0.3 is 0 Å². The molecule has 1 aromatic rings. The number of halogens is 2. The first-order valence-electron chi connectivity index (χ1n) is 5.81. The lowest BCUT2D eigenvalue weighted by Gasteiger charge is -2.15. The molecular weight excluding hydrogens is 278 g/mol. The molecule has 0 aliphatic carbocycles. The largest absolute Gasteiger partial charge is 0.481 e. The first kappa shape index (κ1) is 15.0. The first-order chi connectivity index (χ1) is 9.47. The van der Waals surface area contributed by atoms with Gasteiger partial charge in [0.1, 0.15) is 30.1 Å². The summed E-state index contributed by atoms with van der Waals surface area (Å²) in [6.45, 7) is -0.527. The highest BCUT2D eigenvalue weighted by atomic mass is 19.3. The number of nitrogens with zero attached hydrogens (tertiary/aromatic N) is 2. The van der Waals surface area contributed by atoms with Crippen molar-refractivity contribution in [3.05, 3.63) is 17.6 Å². The van der Waals surface area contributed by atoms with Gasteiger partial charge in [-0.25, -0.2) is 13.8 Å². The Labute approximate surface area is 112 Å². The van der Waals surface area contributed by atoms with E-state index >= 15 is 0 Å². The average Bonchev–Trinajstić information content (AvgIpc) is 2.74. The zero-order valence-corrected chi connectivity index (χ0v) is 10.5. The Bertz CT molecular complexity index is 476. The summed E-state index contributed by atoms with van der Waals surface area (Å²) in [5.41, 5.74) is -0.579. The second-order valence-electron chi connectivity index (χ2n) is 4.25. The third kappa shape index (κ3) is 2.70. The molecule has 4 atom stereocenters. The fraction of sp³-hybridized carbons (Fsp3) is 0.636.